The molecule has 0 spiro atoms. The maximum atomic E-state index is 14.5. The molecule has 6 nitrogen and oxygen atoms in total. The van der Waals surface area contributed by atoms with Crippen LogP contribution in [-0.4, -0.2) is 43.5 Å². The molecule has 0 aliphatic carbocycles. The SMILES string of the molecule is CCCCCCCCC(CCCCCC)C(=O)OC1CO[C@H](COC(c2ccccc2)(c2ccccc2)c2ccccc2)[C@@H]1OC(=O)C(CCCCCC)CCCCCCCC. The second-order valence-electron chi connectivity index (χ2n) is 18.0. The summed E-state index contributed by atoms with van der Waals surface area (Å²) in [6.07, 6.45) is 24.2. The van der Waals surface area contributed by atoms with E-state index in [0.717, 1.165) is 113 Å². The average Bonchev–Trinajstić information content (AvgIpc) is 3.68. The second-order valence-corrected chi connectivity index (χ2v) is 18.0. The fourth-order valence-corrected chi connectivity index (χ4v) is 9.23. The third-order valence-electron chi connectivity index (χ3n) is 13.0. The minimum atomic E-state index is -0.975. The number of unbranched alkanes of at least 4 members (excludes halogenated alkanes) is 16. The minimum Gasteiger partial charge on any atom is -0.456 e. The summed E-state index contributed by atoms with van der Waals surface area (Å²) in [4.78, 5) is 28.8. The van der Waals surface area contributed by atoms with Crippen molar-refractivity contribution in [3.05, 3.63) is 108 Å². The highest BCUT2D eigenvalue weighted by atomic mass is 16.6. The summed E-state index contributed by atoms with van der Waals surface area (Å²) in [5.41, 5.74) is 1.98. The molecule has 4 rings (SSSR count). The number of rotatable bonds is 34. The van der Waals surface area contributed by atoms with Gasteiger partial charge in [0.15, 0.2) is 12.2 Å². The summed E-state index contributed by atoms with van der Waals surface area (Å²) in [5, 5.41) is 0. The Morgan fingerprint density at radius 2 is 0.839 bits per heavy atom. The number of hydrogen-bond acceptors (Lipinski definition) is 6. The number of carbonyl (C=O) groups excluding carboxylic acids is 2. The molecule has 0 amide bonds. The first-order valence-electron chi connectivity index (χ1n) is 25.3. The Morgan fingerprint density at radius 3 is 1.23 bits per heavy atom. The molecule has 0 N–H and O–H groups in total. The Hall–Kier alpha value is -3.48. The van der Waals surface area contributed by atoms with Gasteiger partial charge in [0, 0.05) is 0 Å². The van der Waals surface area contributed by atoms with Crippen molar-refractivity contribution in [2.75, 3.05) is 13.2 Å². The molecule has 1 fully saturated rings. The van der Waals surface area contributed by atoms with Gasteiger partial charge in [-0.05, 0) is 42.4 Å². The summed E-state index contributed by atoms with van der Waals surface area (Å²) in [5.74, 6) is -0.750. The summed E-state index contributed by atoms with van der Waals surface area (Å²) in [6.45, 7) is 9.21. The van der Waals surface area contributed by atoms with Crippen LogP contribution in [0.1, 0.15) is 198 Å². The van der Waals surface area contributed by atoms with Gasteiger partial charge in [0.1, 0.15) is 11.7 Å². The minimum absolute atomic E-state index is 0.126. The summed E-state index contributed by atoms with van der Waals surface area (Å²) in [6, 6.07) is 30.9. The van der Waals surface area contributed by atoms with Crippen LogP contribution in [0.15, 0.2) is 91.0 Å². The van der Waals surface area contributed by atoms with Gasteiger partial charge in [-0.2, -0.15) is 0 Å². The number of benzene rings is 3. The van der Waals surface area contributed by atoms with E-state index in [1.807, 2.05) is 54.6 Å². The molecule has 5 atom stereocenters. The highest BCUT2D eigenvalue weighted by Crippen LogP contribution is 2.41. The van der Waals surface area contributed by atoms with Crippen molar-refractivity contribution in [2.24, 2.45) is 11.8 Å². The normalized spacial score (nSPS) is 17.5. The largest absolute Gasteiger partial charge is 0.456 e. The van der Waals surface area contributed by atoms with Crippen molar-refractivity contribution < 1.29 is 28.5 Å². The van der Waals surface area contributed by atoms with Crippen LogP contribution in [0.3, 0.4) is 0 Å². The van der Waals surface area contributed by atoms with Gasteiger partial charge in [0.05, 0.1) is 25.0 Å². The van der Waals surface area contributed by atoms with E-state index in [9.17, 15) is 9.59 Å². The topological polar surface area (TPSA) is 71.1 Å². The molecular formula is C56H84O6. The van der Waals surface area contributed by atoms with Gasteiger partial charge < -0.3 is 18.9 Å². The molecule has 1 heterocycles. The second kappa shape index (κ2) is 30.6. The molecule has 1 aliphatic heterocycles. The predicted molar refractivity (Wildman–Crippen MR) is 255 cm³/mol. The van der Waals surface area contributed by atoms with Crippen molar-refractivity contribution in [1.82, 2.24) is 0 Å². The van der Waals surface area contributed by atoms with E-state index in [4.69, 9.17) is 18.9 Å². The van der Waals surface area contributed by atoms with Gasteiger partial charge in [-0.1, -0.05) is 247 Å². The molecule has 344 valence electrons. The first-order chi connectivity index (χ1) is 30.5. The highest BCUT2D eigenvalue weighted by Gasteiger charge is 2.47. The molecule has 62 heavy (non-hydrogen) atoms. The maximum Gasteiger partial charge on any atom is 0.309 e. The zero-order valence-electron chi connectivity index (χ0n) is 39.4. The lowest BCUT2D eigenvalue weighted by Crippen LogP contribution is -2.44. The van der Waals surface area contributed by atoms with Gasteiger partial charge in [-0.25, -0.2) is 0 Å². The monoisotopic (exact) mass is 853 g/mol. The maximum absolute atomic E-state index is 14.5. The van der Waals surface area contributed by atoms with Crippen LogP contribution in [0.25, 0.3) is 0 Å². The summed E-state index contributed by atoms with van der Waals surface area (Å²) in [7, 11) is 0. The molecule has 3 aromatic carbocycles. The van der Waals surface area contributed by atoms with E-state index in [1.165, 1.54) is 57.8 Å². The fraction of sp³-hybridized carbons (Fsp3) is 0.643. The Balaban J connectivity index is 1.63. The lowest BCUT2D eigenvalue weighted by atomic mass is 9.80. The van der Waals surface area contributed by atoms with E-state index >= 15 is 0 Å². The van der Waals surface area contributed by atoms with E-state index in [2.05, 4.69) is 64.1 Å². The smallest absolute Gasteiger partial charge is 0.309 e. The first-order valence-corrected chi connectivity index (χ1v) is 25.3. The molecule has 1 saturated heterocycles. The van der Waals surface area contributed by atoms with Crippen LogP contribution in [0.2, 0.25) is 0 Å². The molecule has 0 aromatic heterocycles. The van der Waals surface area contributed by atoms with Gasteiger partial charge in [0.2, 0.25) is 0 Å². The van der Waals surface area contributed by atoms with Gasteiger partial charge in [-0.15, -0.1) is 0 Å². The van der Waals surface area contributed by atoms with Crippen LogP contribution >= 0.6 is 0 Å². The lowest BCUT2D eigenvalue weighted by Gasteiger charge is -2.37. The molecule has 3 aromatic rings. The van der Waals surface area contributed by atoms with Crippen LogP contribution in [-0.2, 0) is 34.1 Å². The van der Waals surface area contributed by atoms with Crippen LogP contribution in [0, 0.1) is 11.8 Å². The van der Waals surface area contributed by atoms with Gasteiger partial charge in [-0.3, -0.25) is 9.59 Å². The Bertz CT molecular complexity index is 1480. The molecule has 0 saturated carbocycles. The van der Waals surface area contributed by atoms with E-state index in [-0.39, 0.29) is 37.0 Å². The Kier molecular flexibility index (Phi) is 25.2. The van der Waals surface area contributed by atoms with Crippen molar-refractivity contribution in [1.29, 1.82) is 0 Å². The summed E-state index contributed by atoms with van der Waals surface area (Å²) >= 11 is 0. The standard InChI is InChI=1S/C56H84O6/c1-5-9-13-17-19-26-36-46(34-24-15-11-7-3)54(57)61-52-44-59-51(53(52)62-55(58)47(35-25-16-12-8-4)37-27-20-18-14-10-6-2)45-60-56(48-38-28-21-29-39-48,49-40-30-22-31-41-49)50-42-32-23-33-43-50/h21-23,28-33,38-43,46-47,51-53H,5-20,24-27,34-37,44-45H2,1-4H3/t46?,47?,51-,52?,53+/m1/s1. The first kappa shape index (κ1) is 51.2. The molecule has 0 radical (unpaired) electrons. The third-order valence-corrected chi connectivity index (χ3v) is 13.0. The molecule has 1 aliphatic rings. The van der Waals surface area contributed by atoms with Crippen molar-refractivity contribution in [3.8, 4) is 0 Å². The van der Waals surface area contributed by atoms with E-state index < -0.39 is 23.9 Å². The highest BCUT2D eigenvalue weighted by molar-refractivity contribution is 5.74. The number of carbonyl (C=O) groups is 2. The number of esters is 2. The van der Waals surface area contributed by atoms with Crippen molar-refractivity contribution in [2.45, 2.75) is 206 Å². The Morgan fingerprint density at radius 1 is 0.500 bits per heavy atom. The molecule has 0 bridgehead atoms. The van der Waals surface area contributed by atoms with Crippen LogP contribution in [0.4, 0.5) is 0 Å². The zero-order chi connectivity index (χ0) is 44.1. The lowest BCUT2D eigenvalue weighted by molar-refractivity contribution is -0.173. The van der Waals surface area contributed by atoms with Gasteiger partial charge >= 0.3 is 11.9 Å². The molecular weight excluding hydrogens is 769 g/mol. The van der Waals surface area contributed by atoms with E-state index in [0.29, 0.717) is 0 Å². The number of ether oxygens (including phenoxy) is 4. The Labute approximate surface area is 377 Å². The summed E-state index contributed by atoms with van der Waals surface area (Å²) < 4.78 is 27.0. The average molecular weight is 853 g/mol. The predicted octanol–water partition coefficient (Wildman–Crippen LogP) is 14.9. The number of hydrogen-bond donors (Lipinski definition) is 0. The molecule has 3 unspecified atom stereocenters. The van der Waals surface area contributed by atoms with Crippen molar-refractivity contribution >= 4 is 11.9 Å². The zero-order valence-corrected chi connectivity index (χ0v) is 39.4. The quantitative estimate of drug-likeness (QED) is 0.0339. The van der Waals surface area contributed by atoms with Crippen LogP contribution in [0.5, 0.6) is 0 Å². The van der Waals surface area contributed by atoms with Gasteiger partial charge in [0.25, 0.3) is 0 Å². The fourth-order valence-electron chi connectivity index (χ4n) is 9.23. The van der Waals surface area contributed by atoms with Crippen LogP contribution < -0.4 is 0 Å². The van der Waals surface area contributed by atoms with Crippen molar-refractivity contribution in [3.63, 3.8) is 0 Å². The third kappa shape index (κ3) is 16.9. The van der Waals surface area contributed by atoms with E-state index in [1.54, 1.807) is 0 Å². The molecule has 6 heteroatoms.